The van der Waals surface area contributed by atoms with Crippen LogP contribution in [0.15, 0.2) is 66.7 Å². The number of carbonyl (C=O) groups is 1. The molecule has 0 aliphatic heterocycles. The van der Waals surface area contributed by atoms with Gasteiger partial charge in [-0.15, -0.1) is 0 Å². The summed E-state index contributed by atoms with van der Waals surface area (Å²) in [5.41, 5.74) is 1.70. The Kier molecular flexibility index (Phi) is 4.74. The molecule has 0 saturated heterocycles. The maximum atomic E-state index is 10.9. The van der Waals surface area contributed by atoms with E-state index in [1.54, 1.807) is 24.3 Å². The maximum absolute atomic E-state index is 10.9. The summed E-state index contributed by atoms with van der Waals surface area (Å²) in [6, 6.07) is 19.2. The Hall–Kier alpha value is -2.49. The number of benzene rings is 3. The molecule has 0 aliphatic rings. The highest BCUT2D eigenvalue weighted by Gasteiger charge is 2.14. The Bertz CT molecular complexity index is 875. The van der Waals surface area contributed by atoms with Gasteiger partial charge in [-0.3, -0.25) is 0 Å². The van der Waals surface area contributed by atoms with Crippen molar-refractivity contribution in [3.63, 3.8) is 0 Å². The lowest BCUT2D eigenvalue weighted by Gasteiger charge is -2.12. The zero-order valence-corrected chi connectivity index (χ0v) is 13.9. The molecular weight excluding hydrogens is 347 g/mol. The molecule has 1 N–H and O–H groups in total. The molecule has 0 amide bonds. The quantitative estimate of drug-likeness (QED) is 0.608. The summed E-state index contributed by atoms with van der Waals surface area (Å²) in [5, 5.41) is 9.62. The molecule has 0 unspecified atom stereocenters. The normalized spacial score (nSPS) is 10.4. The van der Waals surface area contributed by atoms with E-state index >= 15 is 0 Å². The van der Waals surface area contributed by atoms with Gasteiger partial charge in [0.1, 0.15) is 16.5 Å². The van der Waals surface area contributed by atoms with Crippen molar-refractivity contribution < 1.29 is 14.6 Å². The van der Waals surface area contributed by atoms with Gasteiger partial charge >= 0.3 is 5.97 Å². The van der Waals surface area contributed by atoms with Crippen molar-refractivity contribution in [1.82, 2.24) is 0 Å². The van der Waals surface area contributed by atoms with Gasteiger partial charge < -0.3 is 9.84 Å². The average Bonchev–Trinajstić information content (AvgIpc) is 2.60. The van der Waals surface area contributed by atoms with E-state index in [9.17, 15) is 4.79 Å². The minimum atomic E-state index is -0.975. The Labute approximate surface area is 149 Å². The van der Waals surface area contributed by atoms with E-state index in [2.05, 4.69) is 0 Å². The fourth-order valence-electron chi connectivity index (χ4n) is 2.24. The number of hydrogen-bond donors (Lipinski definition) is 1. The van der Waals surface area contributed by atoms with Crippen molar-refractivity contribution in [2.24, 2.45) is 0 Å². The average molecular weight is 359 g/mol. The minimum absolute atomic E-state index is 0.213. The molecule has 0 aliphatic carbocycles. The summed E-state index contributed by atoms with van der Waals surface area (Å²) in [6.45, 7) is 0. The molecule has 120 valence electrons. The van der Waals surface area contributed by atoms with Crippen molar-refractivity contribution in [1.29, 1.82) is 0 Å². The third kappa shape index (κ3) is 3.37. The second kappa shape index (κ2) is 6.95. The van der Waals surface area contributed by atoms with Crippen LogP contribution in [0.1, 0.15) is 10.4 Å². The van der Waals surface area contributed by atoms with Crippen molar-refractivity contribution >= 4 is 29.2 Å². The maximum Gasteiger partial charge on any atom is 0.335 e. The third-order valence-electron chi connectivity index (χ3n) is 3.46. The van der Waals surface area contributed by atoms with Crippen LogP contribution in [0.5, 0.6) is 11.5 Å². The lowest BCUT2D eigenvalue weighted by Crippen LogP contribution is -1.95. The predicted octanol–water partition coefficient (Wildman–Crippen LogP) is 6.15. The number of carboxylic acid groups (broad SMARTS) is 1. The lowest BCUT2D eigenvalue weighted by molar-refractivity contribution is 0.0697. The predicted molar refractivity (Wildman–Crippen MR) is 95.4 cm³/mol. The van der Waals surface area contributed by atoms with E-state index in [4.69, 9.17) is 33.0 Å². The van der Waals surface area contributed by atoms with E-state index in [0.29, 0.717) is 27.1 Å². The Morgan fingerprint density at radius 2 is 1.50 bits per heavy atom. The standard InChI is InChI=1S/C19H12Cl2O3/c20-17-15(12-6-8-13(9-7-12)19(22)23)10-11-16(18(17)21)24-14-4-2-1-3-5-14/h1-11H,(H,22,23). The van der Waals surface area contributed by atoms with E-state index in [-0.39, 0.29) is 5.56 Å². The summed E-state index contributed by atoms with van der Waals surface area (Å²) in [4.78, 5) is 10.9. The van der Waals surface area contributed by atoms with Crippen LogP contribution >= 0.6 is 23.2 Å². The first-order valence-corrected chi connectivity index (χ1v) is 7.86. The lowest BCUT2D eigenvalue weighted by atomic mass is 10.0. The highest BCUT2D eigenvalue weighted by molar-refractivity contribution is 6.44. The molecule has 5 heteroatoms. The number of carboxylic acids is 1. The first-order valence-electron chi connectivity index (χ1n) is 7.11. The van der Waals surface area contributed by atoms with E-state index in [0.717, 1.165) is 5.56 Å². The van der Waals surface area contributed by atoms with Crippen molar-refractivity contribution in [2.75, 3.05) is 0 Å². The van der Waals surface area contributed by atoms with Crippen LogP contribution in [0.2, 0.25) is 10.0 Å². The number of ether oxygens (including phenoxy) is 1. The molecule has 0 fully saturated rings. The zero-order valence-electron chi connectivity index (χ0n) is 12.4. The second-order valence-electron chi connectivity index (χ2n) is 5.04. The number of rotatable bonds is 4. The molecule has 3 nitrogen and oxygen atoms in total. The topological polar surface area (TPSA) is 46.5 Å². The summed E-state index contributed by atoms with van der Waals surface area (Å²) in [6.07, 6.45) is 0. The molecule has 0 bridgehead atoms. The molecule has 24 heavy (non-hydrogen) atoms. The van der Waals surface area contributed by atoms with Crippen molar-refractivity contribution in [3.05, 3.63) is 82.3 Å². The first kappa shape index (κ1) is 16.4. The van der Waals surface area contributed by atoms with Crippen LogP contribution in [-0.2, 0) is 0 Å². The van der Waals surface area contributed by atoms with Crippen LogP contribution in [0.4, 0.5) is 0 Å². The number of para-hydroxylation sites is 1. The van der Waals surface area contributed by atoms with Gasteiger partial charge in [-0.2, -0.15) is 0 Å². The molecule has 0 atom stereocenters. The van der Waals surface area contributed by atoms with Gasteiger partial charge in [0.05, 0.1) is 10.6 Å². The molecule has 3 rings (SSSR count). The van der Waals surface area contributed by atoms with Gasteiger partial charge in [-0.1, -0.05) is 53.5 Å². The van der Waals surface area contributed by atoms with E-state index in [1.165, 1.54) is 12.1 Å². The van der Waals surface area contributed by atoms with Crippen LogP contribution in [0.3, 0.4) is 0 Å². The summed E-state index contributed by atoms with van der Waals surface area (Å²) in [5.74, 6) is 0.144. The molecule has 0 aromatic heterocycles. The Morgan fingerprint density at radius 3 is 2.12 bits per heavy atom. The molecular formula is C19H12Cl2O3. The smallest absolute Gasteiger partial charge is 0.335 e. The monoisotopic (exact) mass is 358 g/mol. The zero-order chi connectivity index (χ0) is 17.1. The summed E-state index contributed by atoms with van der Waals surface area (Å²) >= 11 is 12.7. The number of aromatic carboxylic acids is 1. The highest BCUT2D eigenvalue weighted by Crippen LogP contribution is 2.41. The van der Waals surface area contributed by atoms with Crippen LogP contribution in [0.25, 0.3) is 11.1 Å². The van der Waals surface area contributed by atoms with Gasteiger partial charge in [0.15, 0.2) is 0 Å². The number of hydrogen-bond acceptors (Lipinski definition) is 2. The molecule has 0 spiro atoms. The fraction of sp³-hybridized carbons (Fsp3) is 0. The first-order chi connectivity index (χ1) is 11.6. The highest BCUT2D eigenvalue weighted by atomic mass is 35.5. The van der Waals surface area contributed by atoms with Crippen molar-refractivity contribution in [3.8, 4) is 22.6 Å². The largest absolute Gasteiger partial charge is 0.478 e. The molecule has 0 radical (unpaired) electrons. The molecule has 3 aromatic carbocycles. The van der Waals surface area contributed by atoms with Gasteiger partial charge in [0.2, 0.25) is 0 Å². The number of halogens is 2. The van der Waals surface area contributed by atoms with E-state index in [1.807, 2.05) is 30.3 Å². The van der Waals surface area contributed by atoms with E-state index < -0.39 is 5.97 Å². The molecule has 3 aromatic rings. The van der Waals surface area contributed by atoms with Gasteiger partial charge in [-0.05, 0) is 42.0 Å². The van der Waals surface area contributed by atoms with Crippen LogP contribution in [0, 0.1) is 0 Å². The van der Waals surface area contributed by atoms with Crippen LogP contribution < -0.4 is 4.74 Å². The summed E-state index contributed by atoms with van der Waals surface area (Å²) in [7, 11) is 0. The Morgan fingerprint density at radius 1 is 0.833 bits per heavy atom. The fourth-order valence-corrected chi connectivity index (χ4v) is 2.71. The van der Waals surface area contributed by atoms with Gasteiger partial charge in [0, 0.05) is 5.56 Å². The van der Waals surface area contributed by atoms with Crippen LogP contribution in [-0.4, -0.2) is 11.1 Å². The summed E-state index contributed by atoms with van der Waals surface area (Å²) < 4.78 is 5.74. The second-order valence-corrected chi connectivity index (χ2v) is 5.79. The molecule has 0 heterocycles. The molecule has 0 saturated carbocycles. The SMILES string of the molecule is O=C(O)c1ccc(-c2ccc(Oc3ccccc3)c(Cl)c2Cl)cc1. The van der Waals surface area contributed by atoms with Gasteiger partial charge in [-0.25, -0.2) is 4.79 Å². The Balaban J connectivity index is 1.93. The minimum Gasteiger partial charge on any atom is -0.478 e. The van der Waals surface area contributed by atoms with Crippen molar-refractivity contribution in [2.45, 2.75) is 0 Å². The van der Waals surface area contributed by atoms with Gasteiger partial charge in [0.25, 0.3) is 0 Å². The third-order valence-corrected chi connectivity index (χ3v) is 4.33.